The molecule has 5 nitrogen and oxygen atoms in total. The van der Waals surface area contributed by atoms with E-state index in [1.54, 1.807) is 20.8 Å². The van der Waals surface area contributed by atoms with E-state index >= 15 is 0 Å². The standard InChI is InChI=1S/C8H15NO4/c1-5(10)6-4-13-8(2,3)9(6)7(11)12/h5-6,10H,4H2,1-3H3,(H,11,12). The van der Waals surface area contributed by atoms with E-state index < -0.39 is 24.0 Å². The summed E-state index contributed by atoms with van der Waals surface area (Å²) in [4.78, 5) is 12.0. The summed E-state index contributed by atoms with van der Waals surface area (Å²) >= 11 is 0. The number of amides is 1. The minimum absolute atomic E-state index is 0.247. The van der Waals surface area contributed by atoms with Gasteiger partial charge in [-0.05, 0) is 20.8 Å². The van der Waals surface area contributed by atoms with Gasteiger partial charge in [0.05, 0.1) is 18.8 Å². The molecule has 2 atom stereocenters. The fourth-order valence-electron chi connectivity index (χ4n) is 1.56. The van der Waals surface area contributed by atoms with Gasteiger partial charge in [-0.2, -0.15) is 0 Å². The maximum Gasteiger partial charge on any atom is 0.409 e. The van der Waals surface area contributed by atoms with Gasteiger partial charge in [0, 0.05) is 0 Å². The second-order valence-electron chi connectivity index (χ2n) is 3.72. The number of hydrogen-bond acceptors (Lipinski definition) is 3. The van der Waals surface area contributed by atoms with Crippen LogP contribution in [0.3, 0.4) is 0 Å². The Morgan fingerprint density at radius 1 is 1.69 bits per heavy atom. The fraction of sp³-hybridized carbons (Fsp3) is 0.875. The molecule has 2 N–H and O–H groups in total. The highest BCUT2D eigenvalue weighted by molar-refractivity contribution is 5.66. The molecule has 76 valence electrons. The summed E-state index contributed by atoms with van der Waals surface area (Å²) in [5.41, 5.74) is -0.840. The van der Waals surface area contributed by atoms with Crippen molar-refractivity contribution in [3.05, 3.63) is 0 Å². The molecule has 2 unspecified atom stereocenters. The van der Waals surface area contributed by atoms with Gasteiger partial charge in [-0.25, -0.2) is 4.79 Å². The zero-order chi connectivity index (χ0) is 10.2. The molecule has 0 aliphatic carbocycles. The first-order valence-electron chi connectivity index (χ1n) is 4.20. The summed E-state index contributed by atoms with van der Waals surface area (Å²) in [7, 11) is 0. The molecule has 0 aromatic carbocycles. The Hall–Kier alpha value is -0.810. The van der Waals surface area contributed by atoms with Gasteiger partial charge in [0.25, 0.3) is 0 Å². The third-order valence-corrected chi connectivity index (χ3v) is 2.28. The highest BCUT2D eigenvalue weighted by Gasteiger charge is 2.45. The molecule has 0 aromatic heterocycles. The summed E-state index contributed by atoms with van der Waals surface area (Å²) in [6.45, 7) is 5.15. The first-order valence-corrected chi connectivity index (χ1v) is 4.20. The lowest BCUT2D eigenvalue weighted by atomic mass is 10.1. The topological polar surface area (TPSA) is 70.0 Å². The van der Waals surface area contributed by atoms with Crippen LogP contribution in [-0.2, 0) is 4.74 Å². The van der Waals surface area contributed by atoms with Crippen molar-refractivity contribution < 1.29 is 19.7 Å². The van der Waals surface area contributed by atoms with Crippen molar-refractivity contribution in [3.8, 4) is 0 Å². The molecule has 1 aliphatic rings. The number of rotatable bonds is 1. The van der Waals surface area contributed by atoms with Crippen LogP contribution in [0.1, 0.15) is 20.8 Å². The molecule has 5 heteroatoms. The SMILES string of the molecule is CC(O)C1COC(C)(C)N1C(=O)O. The Labute approximate surface area is 76.9 Å². The van der Waals surface area contributed by atoms with Crippen molar-refractivity contribution in [3.63, 3.8) is 0 Å². The van der Waals surface area contributed by atoms with Gasteiger partial charge in [-0.3, -0.25) is 4.90 Å². The van der Waals surface area contributed by atoms with Crippen LogP contribution in [0.4, 0.5) is 4.79 Å². The largest absolute Gasteiger partial charge is 0.465 e. The molecule has 1 saturated heterocycles. The molecule has 1 rings (SSSR count). The quantitative estimate of drug-likeness (QED) is 0.629. The van der Waals surface area contributed by atoms with Crippen LogP contribution in [0, 0.1) is 0 Å². The maximum absolute atomic E-state index is 10.9. The van der Waals surface area contributed by atoms with Crippen LogP contribution in [0.15, 0.2) is 0 Å². The van der Waals surface area contributed by atoms with Crippen molar-refractivity contribution in [1.82, 2.24) is 4.90 Å². The Morgan fingerprint density at radius 2 is 2.23 bits per heavy atom. The molecule has 0 bridgehead atoms. The molecule has 0 saturated carbocycles. The van der Waals surface area contributed by atoms with E-state index in [1.807, 2.05) is 0 Å². The van der Waals surface area contributed by atoms with Crippen LogP contribution in [0.5, 0.6) is 0 Å². The summed E-state index contributed by atoms with van der Waals surface area (Å²) in [5.74, 6) is 0. The van der Waals surface area contributed by atoms with Gasteiger partial charge in [-0.1, -0.05) is 0 Å². The fourth-order valence-corrected chi connectivity index (χ4v) is 1.56. The van der Waals surface area contributed by atoms with Gasteiger partial charge in [-0.15, -0.1) is 0 Å². The third-order valence-electron chi connectivity index (χ3n) is 2.28. The van der Waals surface area contributed by atoms with Crippen molar-refractivity contribution in [2.45, 2.75) is 38.6 Å². The van der Waals surface area contributed by atoms with Crippen LogP contribution in [-0.4, -0.2) is 45.7 Å². The second-order valence-corrected chi connectivity index (χ2v) is 3.72. The minimum atomic E-state index is -1.06. The van der Waals surface area contributed by atoms with Crippen LogP contribution < -0.4 is 0 Å². The molecule has 0 spiro atoms. The molecule has 0 radical (unpaired) electrons. The van der Waals surface area contributed by atoms with E-state index in [0.717, 1.165) is 4.90 Å². The van der Waals surface area contributed by atoms with Crippen molar-refractivity contribution >= 4 is 6.09 Å². The zero-order valence-corrected chi connectivity index (χ0v) is 8.02. The Kier molecular flexibility index (Phi) is 2.49. The summed E-state index contributed by atoms with van der Waals surface area (Å²) < 4.78 is 5.27. The van der Waals surface area contributed by atoms with E-state index in [4.69, 9.17) is 9.84 Å². The molecule has 1 amide bonds. The van der Waals surface area contributed by atoms with Crippen molar-refractivity contribution in [2.75, 3.05) is 6.61 Å². The van der Waals surface area contributed by atoms with Crippen LogP contribution in [0.25, 0.3) is 0 Å². The van der Waals surface area contributed by atoms with Crippen molar-refractivity contribution in [1.29, 1.82) is 0 Å². The lowest BCUT2D eigenvalue weighted by Crippen LogP contribution is -2.50. The number of carbonyl (C=O) groups is 1. The Bertz CT molecular complexity index is 214. The van der Waals surface area contributed by atoms with Gasteiger partial charge >= 0.3 is 6.09 Å². The monoisotopic (exact) mass is 189 g/mol. The van der Waals surface area contributed by atoms with E-state index in [0.29, 0.717) is 0 Å². The zero-order valence-electron chi connectivity index (χ0n) is 8.02. The molecule has 1 heterocycles. The highest BCUT2D eigenvalue weighted by Crippen LogP contribution is 2.28. The third kappa shape index (κ3) is 1.76. The minimum Gasteiger partial charge on any atom is -0.465 e. The molecule has 1 fully saturated rings. The number of hydrogen-bond donors (Lipinski definition) is 2. The van der Waals surface area contributed by atoms with Crippen LogP contribution >= 0.6 is 0 Å². The average molecular weight is 189 g/mol. The average Bonchev–Trinajstić information content (AvgIpc) is 2.24. The smallest absolute Gasteiger partial charge is 0.409 e. The van der Waals surface area contributed by atoms with Crippen LogP contribution in [0.2, 0.25) is 0 Å². The van der Waals surface area contributed by atoms with E-state index in [9.17, 15) is 9.90 Å². The van der Waals surface area contributed by atoms with Gasteiger partial charge in [0.2, 0.25) is 0 Å². The normalized spacial score (nSPS) is 28.9. The molecule has 1 aliphatic heterocycles. The second kappa shape index (κ2) is 3.16. The Morgan fingerprint density at radius 3 is 2.54 bits per heavy atom. The van der Waals surface area contributed by atoms with E-state index in [1.165, 1.54) is 0 Å². The van der Waals surface area contributed by atoms with E-state index in [-0.39, 0.29) is 6.61 Å². The first kappa shape index (κ1) is 10.3. The number of nitrogens with zero attached hydrogens (tertiary/aromatic N) is 1. The summed E-state index contributed by atoms with van der Waals surface area (Å²) in [5, 5.41) is 18.2. The maximum atomic E-state index is 10.9. The van der Waals surface area contributed by atoms with Crippen molar-refractivity contribution in [2.24, 2.45) is 0 Å². The molecular formula is C8H15NO4. The Balaban J connectivity index is 2.86. The summed E-state index contributed by atoms with van der Waals surface area (Å²) in [6, 6.07) is -0.465. The highest BCUT2D eigenvalue weighted by atomic mass is 16.5. The molecule has 13 heavy (non-hydrogen) atoms. The lowest BCUT2D eigenvalue weighted by Gasteiger charge is -2.31. The van der Waals surface area contributed by atoms with Gasteiger partial charge < -0.3 is 14.9 Å². The first-order chi connectivity index (χ1) is 5.86. The summed E-state index contributed by atoms with van der Waals surface area (Å²) in [6.07, 6.45) is -1.77. The number of aliphatic hydroxyl groups excluding tert-OH is 1. The number of ether oxygens (including phenoxy) is 1. The molecule has 0 aromatic rings. The predicted octanol–water partition coefficient (Wildman–Crippen LogP) is 0.482. The number of aliphatic hydroxyl groups is 1. The van der Waals surface area contributed by atoms with Gasteiger partial charge in [0.1, 0.15) is 5.72 Å². The number of carboxylic acid groups (broad SMARTS) is 1. The van der Waals surface area contributed by atoms with Gasteiger partial charge in [0.15, 0.2) is 0 Å². The lowest BCUT2D eigenvalue weighted by molar-refractivity contribution is -0.0458. The molecular weight excluding hydrogens is 174 g/mol. The van der Waals surface area contributed by atoms with E-state index in [2.05, 4.69) is 0 Å². The predicted molar refractivity (Wildman–Crippen MR) is 45.4 cm³/mol.